The molecule has 11 nitrogen and oxygen atoms in total. The Balaban J connectivity index is 1.89. The van der Waals surface area contributed by atoms with Crippen LogP contribution in [0.4, 0.5) is 0 Å². The lowest BCUT2D eigenvalue weighted by molar-refractivity contribution is -0.302. The van der Waals surface area contributed by atoms with E-state index >= 15 is 0 Å². The molecule has 7 atom stereocenters. The van der Waals surface area contributed by atoms with Crippen LogP contribution in [0, 0.1) is 0 Å². The molecular formula is C80H151NO10. The Morgan fingerprint density at radius 2 is 0.714 bits per heavy atom. The predicted octanol–water partition coefficient (Wildman–Crippen LogP) is 21.3. The van der Waals surface area contributed by atoms with E-state index in [2.05, 4.69) is 43.5 Å². The van der Waals surface area contributed by atoms with Crippen LogP contribution in [-0.4, -0.2) is 100 Å². The quantitative estimate of drug-likeness (QED) is 0.0195. The van der Waals surface area contributed by atoms with Crippen LogP contribution in [-0.2, 0) is 23.8 Å². The van der Waals surface area contributed by atoms with Gasteiger partial charge in [0.05, 0.1) is 32.0 Å². The van der Waals surface area contributed by atoms with Crippen LogP contribution in [0.2, 0.25) is 0 Å². The molecule has 1 fully saturated rings. The molecule has 0 spiro atoms. The number of carbonyl (C=O) groups excluding carboxylic acids is 2. The molecule has 91 heavy (non-hydrogen) atoms. The summed E-state index contributed by atoms with van der Waals surface area (Å²) in [5, 5.41) is 54.5. The molecule has 7 unspecified atom stereocenters. The van der Waals surface area contributed by atoms with Crippen LogP contribution >= 0.6 is 0 Å². The van der Waals surface area contributed by atoms with Crippen LogP contribution in [0.1, 0.15) is 399 Å². The number of amides is 1. The van der Waals surface area contributed by atoms with Crippen molar-refractivity contribution in [1.29, 1.82) is 0 Å². The van der Waals surface area contributed by atoms with Gasteiger partial charge in [-0.25, -0.2) is 0 Å². The summed E-state index contributed by atoms with van der Waals surface area (Å²) in [5.74, 6) is -0.171. The van der Waals surface area contributed by atoms with Gasteiger partial charge >= 0.3 is 5.97 Å². The molecule has 0 aromatic rings. The second-order valence-corrected chi connectivity index (χ2v) is 27.8. The van der Waals surface area contributed by atoms with Crippen LogP contribution in [0.25, 0.3) is 0 Å². The van der Waals surface area contributed by atoms with E-state index in [4.69, 9.17) is 14.2 Å². The fourth-order valence-corrected chi connectivity index (χ4v) is 12.8. The molecule has 11 heteroatoms. The zero-order chi connectivity index (χ0) is 65.8. The third-order valence-corrected chi connectivity index (χ3v) is 19.0. The normalized spacial score (nSPS) is 17.7. The third kappa shape index (κ3) is 57.8. The first-order valence-corrected chi connectivity index (χ1v) is 39.8. The number of unbranched alkanes of at least 4 members (excludes halogenated alkanes) is 53. The molecule has 1 amide bonds. The molecule has 0 aromatic heterocycles. The lowest BCUT2D eigenvalue weighted by atomic mass is 9.99. The summed E-state index contributed by atoms with van der Waals surface area (Å²) in [6.45, 7) is 4.34. The van der Waals surface area contributed by atoms with E-state index in [1.54, 1.807) is 6.08 Å². The summed E-state index contributed by atoms with van der Waals surface area (Å²) in [6.07, 6.45) is 80.5. The van der Waals surface area contributed by atoms with Crippen molar-refractivity contribution in [3.05, 3.63) is 36.5 Å². The number of aliphatic hydroxyl groups excluding tert-OH is 5. The van der Waals surface area contributed by atoms with Crippen molar-refractivity contribution in [2.45, 2.75) is 442 Å². The minimum absolute atomic E-state index is 0.0183. The van der Waals surface area contributed by atoms with Gasteiger partial charge < -0.3 is 45.1 Å². The van der Waals surface area contributed by atoms with Crippen LogP contribution in [0.5, 0.6) is 0 Å². The number of esters is 1. The number of carbonyl (C=O) groups is 2. The first-order valence-electron chi connectivity index (χ1n) is 39.8. The highest BCUT2D eigenvalue weighted by Gasteiger charge is 2.44. The summed E-state index contributed by atoms with van der Waals surface area (Å²) in [7, 11) is 0. The highest BCUT2D eigenvalue weighted by Crippen LogP contribution is 2.24. The maximum atomic E-state index is 13.1. The lowest BCUT2D eigenvalue weighted by Crippen LogP contribution is -2.60. The minimum Gasteiger partial charge on any atom is -0.466 e. The van der Waals surface area contributed by atoms with Gasteiger partial charge in [-0.2, -0.15) is 0 Å². The Kier molecular flexibility index (Phi) is 66.1. The average Bonchev–Trinajstić information content (AvgIpc) is 1.98. The molecule has 1 saturated heterocycles. The van der Waals surface area contributed by atoms with Gasteiger partial charge in [0.25, 0.3) is 0 Å². The summed E-state index contributed by atoms with van der Waals surface area (Å²) < 4.78 is 16.7. The Hall–Kier alpha value is -2.12. The number of allylic oxidation sites excluding steroid dienone is 5. The minimum atomic E-state index is -1.58. The molecule has 0 bridgehead atoms. The molecule has 536 valence electrons. The van der Waals surface area contributed by atoms with Gasteiger partial charge in [-0.15, -0.1) is 0 Å². The highest BCUT2D eigenvalue weighted by atomic mass is 16.7. The molecule has 1 rings (SSSR count). The average molecular weight is 1290 g/mol. The van der Waals surface area contributed by atoms with Crippen molar-refractivity contribution in [2.75, 3.05) is 19.8 Å². The lowest BCUT2D eigenvalue weighted by Gasteiger charge is -2.40. The highest BCUT2D eigenvalue weighted by molar-refractivity contribution is 5.76. The van der Waals surface area contributed by atoms with Gasteiger partial charge in [-0.3, -0.25) is 9.59 Å². The van der Waals surface area contributed by atoms with E-state index in [9.17, 15) is 35.1 Å². The predicted molar refractivity (Wildman–Crippen MR) is 384 cm³/mol. The molecule has 6 N–H and O–H groups in total. The van der Waals surface area contributed by atoms with Crippen LogP contribution in [0.15, 0.2) is 36.5 Å². The summed E-state index contributed by atoms with van der Waals surface area (Å²) in [4.78, 5) is 25.1. The standard InChI is InChI=1S/C80H151NO10/c1-3-5-7-9-11-13-15-43-47-50-54-58-62-66-73(83)72(71-90-80-79(88)78(87)77(86)74(70-82)91-80)81-75(84)67-63-59-55-51-48-44-41-39-37-35-33-31-29-27-25-23-21-19-17-16-18-20-22-24-26-28-30-32-34-36-38-40-42-45-49-53-57-61-65-69-89-76(85)68-64-60-56-52-46-14-12-10-8-6-4-2/h11,13,47,50,62,66,72-74,77-80,82-83,86-88H,3-10,12,14-46,48-49,51-61,63-65,67-71H2,1-2H3,(H,81,84)/b13-11+,50-47+,66-62+. The first kappa shape index (κ1) is 86.9. The van der Waals surface area contributed by atoms with Crippen molar-refractivity contribution in [3.63, 3.8) is 0 Å². The fourth-order valence-electron chi connectivity index (χ4n) is 12.8. The second-order valence-electron chi connectivity index (χ2n) is 27.8. The first-order chi connectivity index (χ1) is 44.7. The molecule has 1 aliphatic heterocycles. The van der Waals surface area contributed by atoms with Crippen molar-refractivity contribution in [1.82, 2.24) is 5.32 Å². The Labute approximate surface area is 562 Å². The maximum absolute atomic E-state index is 13.1. The van der Waals surface area contributed by atoms with E-state index in [0.717, 1.165) is 64.2 Å². The third-order valence-electron chi connectivity index (χ3n) is 19.0. The Morgan fingerprint density at radius 3 is 1.09 bits per heavy atom. The van der Waals surface area contributed by atoms with Gasteiger partial charge in [-0.1, -0.05) is 365 Å². The molecule has 1 heterocycles. The van der Waals surface area contributed by atoms with Crippen molar-refractivity contribution >= 4 is 11.9 Å². The smallest absolute Gasteiger partial charge is 0.305 e. The summed E-state index contributed by atoms with van der Waals surface area (Å²) in [6, 6.07) is -0.830. The second kappa shape index (κ2) is 69.2. The molecular weight excluding hydrogens is 1130 g/mol. The number of ether oxygens (including phenoxy) is 3. The van der Waals surface area contributed by atoms with E-state index in [1.807, 2.05) is 6.08 Å². The molecule has 1 aliphatic rings. The number of aliphatic hydroxyl groups is 5. The van der Waals surface area contributed by atoms with Crippen LogP contribution < -0.4 is 5.32 Å². The van der Waals surface area contributed by atoms with E-state index in [0.29, 0.717) is 19.4 Å². The Bertz CT molecular complexity index is 1610. The van der Waals surface area contributed by atoms with Crippen molar-refractivity contribution in [3.8, 4) is 0 Å². The fraction of sp³-hybridized carbons (Fsp3) is 0.900. The number of hydrogen-bond acceptors (Lipinski definition) is 10. The van der Waals surface area contributed by atoms with Gasteiger partial charge in [0.1, 0.15) is 24.4 Å². The zero-order valence-corrected chi connectivity index (χ0v) is 59.8. The summed E-state index contributed by atoms with van der Waals surface area (Å²) >= 11 is 0. The zero-order valence-electron chi connectivity index (χ0n) is 59.8. The molecule has 0 aromatic carbocycles. The number of nitrogens with one attached hydrogen (secondary N) is 1. The van der Waals surface area contributed by atoms with Crippen LogP contribution in [0.3, 0.4) is 0 Å². The number of rotatable bonds is 71. The SMILES string of the molecule is CCCCC/C=C/CC/C=C/CC/C=C/C(O)C(COC1OC(CO)C(O)C(O)C1O)NC(=O)CCCCCCCCCCCCCCCCCCCCCCCCCCCCCCCCCCCCCCCCCOC(=O)CCCCCCCCCCCCC. The Morgan fingerprint density at radius 1 is 0.396 bits per heavy atom. The number of hydrogen-bond donors (Lipinski definition) is 6. The van der Waals surface area contributed by atoms with E-state index in [1.165, 1.54) is 308 Å². The largest absolute Gasteiger partial charge is 0.466 e. The van der Waals surface area contributed by atoms with E-state index < -0.39 is 49.5 Å². The molecule has 0 saturated carbocycles. The van der Waals surface area contributed by atoms with Gasteiger partial charge in [-0.05, 0) is 57.8 Å². The molecule has 0 radical (unpaired) electrons. The summed E-state index contributed by atoms with van der Waals surface area (Å²) in [5.41, 5.74) is 0. The van der Waals surface area contributed by atoms with E-state index in [-0.39, 0.29) is 18.5 Å². The van der Waals surface area contributed by atoms with Crippen molar-refractivity contribution < 1.29 is 49.3 Å². The van der Waals surface area contributed by atoms with Gasteiger partial charge in [0, 0.05) is 12.8 Å². The molecule has 0 aliphatic carbocycles. The topological polar surface area (TPSA) is 175 Å². The maximum Gasteiger partial charge on any atom is 0.305 e. The van der Waals surface area contributed by atoms with Gasteiger partial charge in [0.15, 0.2) is 6.29 Å². The van der Waals surface area contributed by atoms with Gasteiger partial charge in [0.2, 0.25) is 5.91 Å². The monoisotopic (exact) mass is 1290 g/mol. The van der Waals surface area contributed by atoms with Crippen molar-refractivity contribution in [2.24, 2.45) is 0 Å².